The zero-order chi connectivity index (χ0) is 15.0. The van der Waals surface area contributed by atoms with Gasteiger partial charge in [-0.3, -0.25) is 9.69 Å². The summed E-state index contributed by atoms with van der Waals surface area (Å²) in [6, 6.07) is 5.63. The van der Waals surface area contributed by atoms with Crippen LogP contribution in [0.1, 0.15) is 24.8 Å². The zero-order valence-corrected chi connectivity index (χ0v) is 13.7. The summed E-state index contributed by atoms with van der Waals surface area (Å²) in [6.45, 7) is 1.60. The first-order chi connectivity index (χ1) is 10.1. The largest absolute Gasteiger partial charge is 0.496 e. The van der Waals surface area contributed by atoms with Crippen LogP contribution in [-0.2, 0) is 11.3 Å². The van der Waals surface area contributed by atoms with Gasteiger partial charge in [0.05, 0.1) is 11.6 Å². The minimum absolute atomic E-state index is 0.321. The van der Waals surface area contributed by atoms with Gasteiger partial charge in [-0.2, -0.15) is 0 Å². The fourth-order valence-corrected chi connectivity index (χ4v) is 4.53. The van der Waals surface area contributed by atoms with E-state index in [0.717, 1.165) is 28.8 Å². The van der Waals surface area contributed by atoms with E-state index in [1.54, 1.807) is 7.11 Å². The summed E-state index contributed by atoms with van der Waals surface area (Å²) in [4.78, 5) is 13.8. The molecule has 0 radical (unpaired) electrons. The molecule has 0 amide bonds. The average Bonchev–Trinajstić information content (AvgIpc) is 2.98. The van der Waals surface area contributed by atoms with Gasteiger partial charge in [0.25, 0.3) is 0 Å². The fraction of sp³-hybridized carbons (Fsp3) is 0.562. The Hall–Kier alpha value is -1.07. The van der Waals surface area contributed by atoms with E-state index in [1.165, 1.54) is 12.8 Å². The van der Waals surface area contributed by atoms with Crippen LogP contribution in [0.15, 0.2) is 22.7 Å². The number of hydrogen-bond acceptors (Lipinski definition) is 3. The Morgan fingerprint density at radius 3 is 2.95 bits per heavy atom. The Balaban J connectivity index is 1.77. The van der Waals surface area contributed by atoms with Gasteiger partial charge in [0.15, 0.2) is 0 Å². The van der Waals surface area contributed by atoms with Gasteiger partial charge in [0.1, 0.15) is 11.8 Å². The Bertz CT molecular complexity index is 548. The van der Waals surface area contributed by atoms with Crippen molar-refractivity contribution in [2.45, 2.75) is 31.8 Å². The molecule has 0 spiro atoms. The molecule has 3 atom stereocenters. The number of likely N-dealkylation sites (tertiary alicyclic amines) is 1. The van der Waals surface area contributed by atoms with E-state index in [4.69, 9.17) is 4.74 Å². The molecule has 21 heavy (non-hydrogen) atoms. The van der Waals surface area contributed by atoms with E-state index in [9.17, 15) is 9.90 Å². The number of aliphatic carboxylic acids is 1. The van der Waals surface area contributed by atoms with Gasteiger partial charge in [0, 0.05) is 13.1 Å². The number of benzene rings is 1. The van der Waals surface area contributed by atoms with Crippen LogP contribution in [0.25, 0.3) is 0 Å². The van der Waals surface area contributed by atoms with E-state index >= 15 is 0 Å². The highest BCUT2D eigenvalue weighted by Crippen LogP contribution is 2.43. The van der Waals surface area contributed by atoms with Gasteiger partial charge in [-0.25, -0.2) is 0 Å². The number of nitrogens with zero attached hydrogens (tertiary/aromatic N) is 1. The topological polar surface area (TPSA) is 49.8 Å². The molecule has 1 N–H and O–H groups in total. The molecule has 0 aromatic heterocycles. The molecular formula is C16H20BrNO3. The van der Waals surface area contributed by atoms with Crippen LogP contribution in [0, 0.1) is 11.8 Å². The van der Waals surface area contributed by atoms with Gasteiger partial charge in [-0.15, -0.1) is 0 Å². The lowest BCUT2D eigenvalue weighted by atomic mass is 9.94. The molecule has 1 aromatic carbocycles. The highest BCUT2D eigenvalue weighted by atomic mass is 79.9. The van der Waals surface area contributed by atoms with Gasteiger partial charge in [-0.1, -0.05) is 12.5 Å². The molecule has 1 aliphatic carbocycles. The standard InChI is InChI=1S/C16H20BrNO3/c1-21-14-6-5-10(7-13(14)17)8-18-9-11-3-2-4-12(11)15(18)16(19)20/h5-7,11-12,15H,2-4,8-9H2,1H3,(H,19,20). The van der Waals surface area contributed by atoms with Crippen molar-refractivity contribution < 1.29 is 14.6 Å². The first-order valence-electron chi connectivity index (χ1n) is 7.39. The average molecular weight is 354 g/mol. The smallest absolute Gasteiger partial charge is 0.321 e. The highest BCUT2D eigenvalue weighted by molar-refractivity contribution is 9.10. The molecular weight excluding hydrogens is 334 g/mol. The van der Waals surface area contributed by atoms with Crippen molar-refractivity contribution in [2.24, 2.45) is 11.8 Å². The van der Waals surface area contributed by atoms with Crippen LogP contribution in [-0.4, -0.2) is 35.7 Å². The van der Waals surface area contributed by atoms with Crippen molar-refractivity contribution in [3.05, 3.63) is 28.2 Å². The third-order valence-electron chi connectivity index (χ3n) is 4.84. The maximum Gasteiger partial charge on any atom is 0.321 e. The number of carboxylic acids is 1. The predicted octanol–water partition coefficient (Wildman–Crippen LogP) is 3.14. The van der Waals surface area contributed by atoms with Crippen LogP contribution >= 0.6 is 15.9 Å². The molecule has 4 nitrogen and oxygen atoms in total. The number of fused-ring (bicyclic) bond motifs is 1. The van der Waals surface area contributed by atoms with Crippen molar-refractivity contribution >= 4 is 21.9 Å². The molecule has 0 bridgehead atoms. The highest BCUT2D eigenvalue weighted by Gasteiger charge is 2.47. The number of hydrogen-bond donors (Lipinski definition) is 1. The number of methoxy groups -OCH3 is 1. The van der Waals surface area contributed by atoms with Gasteiger partial charge >= 0.3 is 5.97 Å². The van der Waals surface area contributed by atoms with Crippen LogP contribution in [0.3, 0.4) is 0 Å². The molecule has 2 fully saturated rings. The van der Waals surface area contributed by atoms with Crippen molar-refractivity contribution in [1.29, 1.82) is 0 Å². The van der Waals surface area contributed by atoms with E-state index in [0.29, 0.717) is 18.4 Å². The maximum absolute atomic E-state index is 11.6. The minimum Gasteiger partial charge on any atom is -0.496 e. The van der Waals surface area contributed by atoms with E-state index in [1.807, 2.05) is 18.2 Å². The van der Waals surface area contributed by atoms with Crippen LogP contribution in [0.2, 0.25) is 0 Å². The number of carboxylic acid groups (broad SMARTS) is 1. The summed E-state index contributed by atoms with van der Waals surface area (Å²) in [5.74, 6) is 1.03. The van der Waals surface area contributed by atoms with Crippen LogP contribution in [0.5, 0.6) is 5.75 Å². The normalized spacial score (nSPS) is 28.6. The SMILES string of the molecule is COc1ccc(CN2CC3CCCC3C2C(=O)O)cc1Br. The Kier molecular flexibility index (Phi) is 4.22. The Labute approximate surface area is 133 Å². The quantitative estimate of drug-likeness (QED) is 0.903. The number of carbonyl (C=O) groups is 1. The van der Waals surface area contributed by atoms with E-state index < -0.39 is 5.97 Å². The van der Waals surface area contributed by atoms with Crippen molar-refractivity contribution in [3.63, 3.8) is 0 Å². The molecule has 1 heterocycles. The third kappa shape index (κ3) is 2.81. The summed E-state index contributed by atoms with van der Waals surface area (Å²) >= 11 is 3.49. The number of halogens is 1. The summed E-state index contributed by atoms with van der Waals surface area (Å²) in [6.07, 6.45) is 3.42. The van der Waals surface area contributed by atoms with Crippen molar-refractivity contribution in [1.82, 2.24) is 4.90 Å². The molecule has 1 aromatic rings. The van der Waals surface area contributed by atoms with Crippen molar-refractivity contribution in [2.75, 3.05) is 13.7 Å². The Morgan fingerprint density at radius 2 is 2.29 bits per heavy atom. The zero-order valence-electron chi connectivity index (χ0n) is 12.1. The lowest BCUT2D eigenvalue weighted by Crippen LogP contribution is -2.39. The maximum atomic E-state index is 11.6. The van der Waals surface area contributed by atoms with Crippen LogP contribution in [0.4, 0.5) is 0 Å². The third-order valence-corrected chi connectivity index (χ3v) is 5.46. The molecule has 114 valence electrons. The van der Waals surface area contributed by atoms with Gasteiger partial charge < -0.3 is 9.84 Å². The van der Waals surface area contributed by atoms with Crippen LogP contribution < -0.4 is 4.74 Å². The second kappa shape index (κ2) is 5.97. The summed E-state index contributed by atoms with van der Waals surface area (Å²) < 4.78 is 6.15. The van der Waals surface area contributed by atoms with E-state index in [2.05, 4.69) is 20.8 Å². The first-order valence-corrected chi connectivity index (χ1v) is 8.18. The summed E-state index contributed by atoms with van der Waals surface area (Å²) in [7, 11) is 1.64. The molecule has 3 rings (SSSR count). The monoisotopic (exact) mass is 353 g/mol. The molecule has 1 saturated heterocycles. The Morgan fingerprint density at radius 1 is 1.48 bits per heavy atom. The number of rotatable bonds is 4. The molecule has 1 saturated carbocycles. The van der Waals surface area contributed by atoms with Crippen molar-refractivity contribution in [3.8, 4) is 5.75 Å². The lowest BCUT2D eigenvalue weighted by Gasteiger charge is -2.24. The molecule has 2 aliphatic rings. The van der Waals surface area contributed by atoms with Gasteiger partial charge in [0.2, 0.25) is 0 Å². The number of ether oxygens (including phenoxy) is 1. The molecule has 1 aliphatic heterocycles. The second-order valence-corrected chi connectivity index (χ2v) is 6.89. The van der Waals surface area contributed by atoms with Gasteiger partial charge in [-0.05, 0) is 58.3 Å². The fourth-order valence-electron chi connectivity index (χ4n) is 3.94. The lowest BCUT2D eigenvalue weighted by molar-refractivity contribution is -0.143. The van der Waals surface area contributed by atoms with E-state index in [-0.39, 0.29) is 6.04 Å². The molecule has 3 unspecified atom stereocenters. The predicted molar refractivity (Wildman–Crippen MR) is 83.4 cm³/mol. The minimum atomic E-state index is -0.669. The summed E-state index contributed by atoms with van der Waals surface area (Å²) in [5.41, 5.74) is 1.12. The second-order valence-electron chi connectivity index (χ2n) is 6.04. The molecule has 5 heteroatoms. The first kappa shape index (κ1) is 14.9. The summed E-state index contributed by atoms with van der Waals surface area (Å²) in [5, 5.41) is 9.57.